The van der Waals surface area contributed by atoms with E-state index < -0.39 is 5.41 Å². The van der Waals surface area contributed by atoms with E-state index >= 15 is 0 Å². The van der Waals surface area contributed by atoms with Crippen molar-refractivity contribution < 1.29 is 4.79 Å². The van der Waals surface area contributed by atoms with Crippen LogP contribution in [0.1, 0.15) is 32.2 Å². The number of nitrogens with one attached hydrogen (secondary N) is 3. The molecule has 0 aromatic carbocycles. The summed E-state index contributed by atoms with van der Waals surface area (Å²) in [6.07, 6.45) is 2.68. The van der Waals surface area contributed by atoms with Crippen LogP contribution in [0, 0.1) is 5.41 Å². The molecule has 0 radical (unpaired) electrons. The smallest absolute Gasteiger partial charge is 0.230 e. The second-order valence-corrected chi connectivity index (χ2v) is 6.57. The van der Waals surface area contributed by atoms with Crippen molar-refractivity contribution in [3.63, 3.8) is 0 Å². The van der Waals surface area contributed by atoms with Gasteiger partial charge in [-0.05, 0) is 12.1 Å². The van der Waals surface area contributed by atoms with Crippen molar-refractivity contribution in [1.82, 2.24) is 20.3 Å². The molecular weight excluding hydrogens is 278 g/mol. The molecule has 0 saturated heterocycles. The first-order valence-corrected chi connectivity index (χ1v) is 7.50. The Labute approximate surface area is 129 Å². The van der Waals surface area contributed by atoms with Gasteiger partial charge in [0.1, 0.15) is 11.6 Å². The fourth-order valence-electron chi connectivity index (χ4n) is 2.27. The average Bonchev–Trinajstić information content (AvgIpc) is 2.91. The lowest BCUT2D eigenvalue weighted by Gasteiger charge is -2.17. The molecule has 1 aliphatic heterocycles. The van der Waals surface area contributed by atoms with Gasteiger partial charge < -0.3 is 15.6 Å². The minimum Gasteiger partial charge on any atom is -0.341 e. The number of rotatable bonds is 2. The number of carbonyl (C=O) groups is 1. The minimum absolute atomic E-state index is 0.0488. The Morgan fingerprint density at radius 3 is 2.77 bits per heavy atom. The molecule has 0 atom stereocenters. The van der Waals surface area contributed by atoms with Gasteiger partial charge in [-0.1, -0.05) is 20.8 Å². The van der Waals surface area contributed by atoms with E-state index in [1.54, 1.807) is 12.3 Å². The minimum atomic E-state index is -0.437. The fourth-order valence-corrected chi connectivity index (χ4v) is 2.27. The third-order valence-electron chi connectivity index (χ3n) is 3.66. The van der Waals surface area contributed by atoms with E-state index in [0.717, 1.165) is 42.3 Å². The number of aromatic nitrogens is 3. The summed E-state index contributed by atoms with van der Waals surface area (Å²) >= 11 is 0. The molecule has 2 aromatic rings. The molecule has 3 N–H and O–H groups in total. The normalized spacial score (nSPS) is 14.5. The predicted octanol–water partition coefficient (Wildman–Crippen LogP) is 2.10. The molecule has 0 bridgehead atoms. The standard InChI is InChI=1S/C16H21N5O/c1-16(2,3)15(22)21-13-5-4-10(8-18-13)14-19-11-6-7-17-9-12(11)20-14/h4-5,8,17H,6-7,9H2,1-3H3,(H,19,20)(H,18,21,22). The van der Waals surface area contributed by atoms with Crippen LogP contribution in [-0.4, -0.2) is 27.4 Å². The zero-order valence-corrected chi connectivity index (χ0v) is 13.2. The van der Waals surface area contributed by atoms with Crippen LogP contribution in [-0.2, 0) is 17.8 Å². The molecule has 116 valence electrons. The fraction of sp³-hybridized carbons (Fsp3) is 0.438. The Morgan fingerprint density at radius 2 is 2.14 bits per heavy atom. The number of fused-ring (bicyclic) bond motifs is 1. The largest absolute Gasteiger partial charge is 0.341 e. The lowest BCUT2D eigenvalue weighted by Crippen LogP contribution is -2.27. The number of nitrogens with zero attached hydrogens (tertiary/aromatic N) is 2. The molecule has 6 heteroatoms. The maximum atomic E-state index is 11.9. The molecule has 22 heavy (non-hydrogen) atoms. The monoisotopic (exact) mass is 299 g/mol. The van der Waals surface area contributed by atoms with E-state index in [0.29, 0.717) is 5.82 Å². The number of hydrogen-bond acceptors (Lipinski definition) is 4. The van der Waals surface area contributed by atoms with E-state index in [-0.39, 0.29) is 5.91 Å². The molecule has 0 spiro atoms. The highest BCUT2D eigenvalue weighted by atomic mass is 16.2. The van der Waals surface area contributed by atoms with Crippen molar-refractivity contribution in [2.45, 2.75) is 33.7 Å². The highest BCUT2D eigenvalue weighted by molar-refractivity contribution is 5.93. The first-order valence-electron chi connectivity index (χ1n) is 7.50. The second-order valence-electron chi connectivity index (χ2n) is 6.57. The number of imidazole rings is 1. The SMILES string of the molecule is CC(C)(C)C(=O)Nc1ccc(-c2nc3c([nH]2)CNCC3)cn1. The summed E-state index contributed by atoms with van der Waals surface area (Å²) in [5.41, 5.74) is 2.75. The van der Waals surface area contributed by atoms with E-state index in [2.05, 4.69) is 25.6 Å². The molecule has 0 saturated carbocycles. The van der Waals surface area contributed by atoms with Gasteiger partial charge in [0.05, 0.1) is 11.4 Å². The topological polar surface area (TPSA) is 82.7 Å². The molecular formula is C16H21N5O. The van der Waals surface area contributed by atoms with Crippen LogP contribution in [0.2, 0.25) is 0 Å². The lowest BCUT2D eigenvalue weighted by molar-refractivity contribution is -0.123. The van der Waals surface area contributed by atoms with Crippen LogP contribution in [0.3, 0.4) is 0 Å². The Bertz CT molecular complexity index is 658. The summed E-state index contributed by atoms with van der Waals surface area (Å²) in [7, 11) is 0. The third-order valence-corrected chi connectivity index (χ3v) is 3.66. The van der Waals surface area contributed by atoms with Gasteiger partial charge in [0.15, 0.2) is 0 Å². The predicted molar refractivity (Wildman–Crippen MR) is 85.3 cm³/mol. The summed E-state index contributed by atoms with van der Waals surface area (Å²) in [5, 5.41) is 6.13. The molecule has 1 aliphatic rings. The average molecular weight is 299 g/mol. The molecule has 6 nitrogen and oxygen atoms in total. The molecule has 3 rings (SSSR count). The summed E-state index contributed by atoms with van der Waals surface area (Å²) in [4.78, 5) is 24.2. The van der Waals surface area contributed by atoms with Gasteiger partial charge in [-0.3, -0.25) is 4.79 Å². The Morgan fingerprint density at radius 1 is 1.32 bits per heavy atom. The number of carbonyl (C=O) groups excluding carboxylic acids is 1. The highest BCUT2D eigenvalue weighted by Crippen LogP contribution is 2.21. The van der Waals surface area contributed by atoms with Gasteiger partial charge >= 0.3 is 0 Å². The number of H-pyrrole nitrogens is 1. The van der Waals surface area contributed by atoms with E-state index in [1.807, 2.05) is 26.8 Å². The van der Waals surface area contributed by atoms with Gasteiger partial charge in [0.2, 0.25) is 5.91 Å². The Kier molecular flexibility index (Phi) is 3.70. The van der Waals surface area contributed by atoms with Crippen LogP contribution in [0.15, 0.2) is 18.3 Å². The first-order chi connectivity index (χ1) is 10.4. The van der Waals surface area contributed by atoms with Crippen molar-refractivity contribution in [2.24, 2.45) is 5.41 Å². The molecule has 1 amide bonds. The highest BCUT2D eigenvalue weighted by Gasteiger charge is 2.21. The van der Waals surface area contributed by atoms with Crippen molar-refractivity contribution in [3.05, 3.63) is 29.7 Å². The van der Waals surface area contributed by atoms with Crippen molar-refractivity contribution >= 4 is 11.7 Å². The van der Waals surface area contributed by atoms with Crippen molar-refractivity contribution in [1.29, 1.82) is 0 Å². The van der Waals surface area contributed by atoms with E-state index in [9.17, 15) is 4.79 Å². The number of hydrogen-bond donors (Lipinski definition) is 3. The maximum absolute atomic E-state index is 11.9. The third kappa shape index (κ3) is 3.01. The zero-order chi connectivity index (χ0) is 15.7. The zero-order valence-electron chi connectivity index (χ0n) is 13.2. The van der Waals surface area contributed by atoms with Crippen LogP contribution in [0.5, 0.6) is 0 Å². The summed E-state index contributed by atoms with van der Waals surface area (Å²) < 4.78 is 0. The molecule has 0 fully saturated rings. The van der Waals surface area contributed by atoms with Gasteiger partial charge in [0, 0.05) is 36.7 Å². The Balaban J connectivity index is 1.77. The summed E-state index contributed by atoms with van der Waals surface area (Å²) in [6, 6.07) is 3.72. The van der Waals surface area contributed by atoms with E-state index in [4.69, 9.17) is 0 Å². The van der Waals surface area contributed by atoms with Crippen LogP contribution < -0.4 is 10.6 Å². The first kappa shape index (κ1) is 14.7. The molecule has 0 unspecified atom stereocenters. The van der Waals surface area contributed by atoms with Crippen molar-refractivity contribution in [3.8, 4) is 11.4 Å². The van der Waals surface area contributed by atoms with Crippen molar-refractivity contribution in [2.75, 3.05) is 11.9 Å². The number of anilines is 1. The van der Waals surface area contributed by atoms with Gasteiger partial charge in [0.25, 0.3) is 0 Å². The van der Waals surface area contributed by atoms with Gasteiger partial charge in [-0.15, -0.1) is 0 Å². The second kappa shape index (κ2) is 5.53. The van der Waals surface area contributed by atoms with Crippen LogP contribution >= 0.6 is 0 Å². The van der Waals surface area contributed by atoms with Gasteiger partial charge in [-0.25, -0.2) is 9.97 Å². The number of pyridine rings is 1. The Hall–Kier alpha value is -2.21. The summed E-state index contributed by atoms with van der Waals surface area (Å²) in [6.45, 7) is 7.41. The molecule has 0 aliphatic carbocycles. The van der Waals surface area contributed by atoms with E-state index in [1.165, 1.54) is 0 Å². The molecule has 2 aromatic heterocycles. The quantitative estimate of drug-likeness (QED) is 0.793. The lowest BCUT2D eigenvalue weighted by atomic mass is 9.96. The van der Waals surface area contributed by atoms with Gasteiger partial charge in [-0.2, -0.15) is 0 Å². The van der Waals surface area contributed by atoms with Crippen LogP contribution in [0.4, 0.5) is 5.82 Å². The maximum Gasteiger partial charge on any atom is 0.230 e. The van der Waals surface area contributed by atoms with Crippen LogP contribution in [0.25, 0.3) is 11.4 Å². The number of aromatic amines is 1. The molecule has 3 heterocycles. The number of amides is 1. The summed E-state index contributed by atoms with van der Waals surface area (Å²) in [5.74, 6) is 1.34.